The van der Waals surface area contributed by atoms with E-state index >= 15 is 0 Å². The second-order valence-electron chi connectivity index (χ2n) is 3.65. The SMILES string of the molecule is CC(N)/C(=C\N)c1cnc2ccccc2n1. The van der Waals surface area contributed by atoms with E-state index in [0.717, 1.165) is 22.3 Å². The zero-order valence-electron chi connectivity index (χ0n) is 9.09. The third kappa shape index (κ3) is 1.87. The van der Waals surface area contributed by atoms with Crippen molar-refractivity contribution in [2.75, 3.05) is 0 Å². The summed E-state index contributed by atoms with van der Waals surface area (Å²) in [6, 6.07) is 7.55. The number of nitrogens with two attached hydrogens (primary N) is 2. The van der Waals surface area contributed by atoms with Gasteiger partial charge in [0.15, 0.2) is 0 Å². The summed E-state index contributed by atoms with van der Waals surface area (Å²) in [6.07, 6.45) is 3.19. The van der Waals surface area contributed by atoms with Crippen LogP contribution in [-0.4, -0.2) is 16.0 Å². The molecule has 2 rings (SSSR count). The third-order valence-corrected chi connectivity index (χ3v) is 2.41. The molecule has 0 radical (unpaired) electrons. The molecular weight excluding hydrogens is 200 g/mol. The highest BCUT2D eigenvalue weighted by atomic mass is 14.8. The summed E-state index contributed by atoms with van der Waals surface area (Å²) in [5.41, 5.74) is 14.6. The normalized spacial score (nSPS) is 14.0. The highest BCUT2D eigenvalue weighted by Gasteiger charge is 2.08. The van der Waals surface area contributed by atoms with E-state index in [-0.39, 0.29) is 6.04 Å². The quantitative estimate of drug-likeness (QED) is 0.789. The molecule has 1 atom stereocenters. The zero-order valence-corrected chi connectivity index (χ0v) is 9.09. The molecule has 0 aliphatic rings. The lowest BCUT2D eigenvalue weighted by atomic mass is 10.1. The van der Waals surface area contributed by atoms with Gasteiger partial charge >= 0.3 is 0 Å². The minimum Gasteiger partial charge on any atom is -0.404 e. The van der Waals surface area contributed by atoms with Gasteiger partial charge in [-0.2, -0.15) is 0 Å². The molecule has 1 aromatic heterocycles. The van der Waals surface area contributed by atoms with E-state index in [0.29, 0.717) is 0 Å². The minimum atomic E-state index is -0.152. The Kier molecular flexibility index (Phi) is 2.83. The van der Waals surface area contributed by atoms with Gasteiger partial charge in [0.1, 0.15) is 0 Å². The first kappa shape index (κ1) is 10.6. The van der Waals surface area contributed by atoms with Gasteiger partial charge in [-0.15, -0.1) is 0 Å². The van der Waals surface area contributed by atoms with Crippen molar-refractivity contribution >= 4 is 16.6 Å². The molecule has 82 valence electrons. The number of fused-ring (bicyclic) bond motifs is 1. The smallest absolute Gasteiger partial charge is 0.0894 e. The Bertz CT molecular complexity index is 531. The van der Waals surface area contributed by atoms with Gasteiger partial charge in [0, 0.05) is 17.8 Å². The molecule has 1 heterocycles. The molecule has 0 bridgehead atoms. The van der Waals surface area contributed by atoms with Crippen LogP contribution < -0.4 is 11.5 Å². The fourth-order valence-corrected chi connectivity index (χ4v) is 1.57. The van der Waals surface area contributed by atoms with Gasteiger partial charge in [-0.25, -0.2) is 4.98 Å². The van der Waals surface area contributed by atoms with Crippen LogP contribution in [0.4, 0.5) is 0 Å². The van der Waals surface area contributed by atoms with Gasteiger partial charge < -0.3 is 11.5 Å². The fraction of sp³-hybridized carbons (Fsp3) is 0.167. The molecule has 0 aliphatic carbocycles. The number of hydrogen-bond donors (Lipinski definition) is 2. The standard InChI is InChI=1S/C12H14N4/c1-8(14)9(6-13)12-7-15-10-4-2-3-5-11(10)16-12/h2-8H,13-14H2,1H3/b9-6+. The molecule has 0 fully saturated rings. The first-order valence-corrected chi connectivity index (χ1v) is 5.12. The maximum Gasteiger partial charge on any atom is 0.0894 e. The number of rotatable bonds is 2. The summed E-state index contributed by atoms with van der Waals surface area (Å²) >= 11 is 0. The Labute approximate surface area is 94.0 Å². The molecule has 4 N–H and O–H groups in total. The number of nitrogens with zero attached hydrogens (tertiary/aromatic N) is 2. The molecule has 1 aromatic carbocycles. The summed E-state index contributed by atoms with van der Waals surface area (Å²) in [4.78, 5) is 8.79. The van der Waals surface area contributed by atoms with E-state index in [1.807, 2.05) is 31.2 Å². The van der Waals surface area contributed by atoms with Crippen molar-refractivity contribution < 1.29 is 0 Å². The van der Waals surface area contributed by atoms with Gasteiger partial charge in [-0.1, -0.05) is 12.1 Å². The Hall–Kier alpha value is -1.94. The number of aromatic nitrogens is 2. The van der Waals surface area contributed by atoms with E-state index in [2.05, 4.69) is 9.97 Å². The van der Waals surface area contributed by atoms with E-state index < -0.39 is 0 Å². The van der Waals surface area contributed by atoms with E-state index in [4.69, 9.17) is 11.5 Å². The lowest BCUT2D eigenvalue weighted by Gasteiger charge is -2.09. The third-order valence-electron chi connectivity index (χ3n) is 2.41. The monoisotopic (exact) mass is 214 g/mol. The van der Waals surface area contributed by atoms with Crippen molar-refractivity contribution in [2.45, 2.75) is 13.0 Å². The fourth-order valence-electron chi connectivity index (χ4n) is 1.57. The lowest BCUT2D eigenvalue weighted by Crippen LogP contribution is -2.18. The number of benzene rings is 1. The maximum atomic E-state index is 5.81. The Morgan fingerprint density at radius 3 is 2.62 bits per heavy atom. The average Bonchev–Trinajstić information content (AvgIpc) is 2.29. The zero-order chi connectivity index (χ0) is 11.5. The summed E-state index contributed by atoms with van der Waals surface area (Å²) < 4.78 is 0. The second-order valence-corrected chi connectivity index (χ2v) is 3.65. The molecule has 0 amide bonds. The van der Waals surface area contributed by atoms with Crippen molar-refractivity contribution in [3.8, 4) is 0 Å². The van der Waals surface area contributed by atoms with Gasteiger partial charge in [0.25, 0.3) is 0 Å². The van der Waals surface area contributed by atoms with Crippen LogP contribution in [0.2, 0.25) is 0 Å². The largest absolute Gasteiger partial charge is 0.404 e. The highest BCUT2D eigenvalue weighted by Crippen LogP contribution is 2.16. The second kappa shape index (κ2) is 4.28. The van der Waals surface area contributed by atoms with Crippen LogP contribution in [0.25, 0.3) is 16.6 Å². The van der Waals surface area contributed by atoms with E-state index in [9.17, 15) is 0 Å². The van der Waals surface area contributed by atoms with Gasteiger partial charge in [-0.05, 0) is 19.1 Å². The summed E-state index contributed by atoms with van der Waals surface area (Å²) in [7, 11) is 0. The van der Waals surface area contributed by atoms with Crippen molar-refractivity contribution in [3.63, 3.8) is 0 Å². The Morgan fingerprint density at radius 1 is 1.31 bits per heavy atom. The van der Waals surface area contributed by atoms with Crippen LogP contribution >= 0.6 is 0 Å². The molecular formula is C12H14N4. The first-order valence-electron chi connectivity index (χ1n) is 5.12. The topological polar surface area (TPSA) is 77.8 Å². The van der Waals surface area contributed by atoms with Crippen molar-refractivity contribution in [1.82, 2.24) is 9.97 Å². The highest BCUT2D eigenvalue weighted by molar-refractivity contribution is 5.77. The minimum absolute atomic E-state index is 0.152. The average molecular weight is 214 g/mol. The van der Waals surface area contributed by atoms with Crippen molar-refractivity contribution in [3.05, 3.63) is 42.4 Å². The van der Waals surface area contributed by atoms with E-state index in [1.165, 1.54) is 6.20 Å². The lowest BCUT2D eigenvalue weighted by molar-refractivity contribution is 0.933. The van der Waals surface area contributed by atoms with Crippen LogP contribution in [0.5, 0.6) is 0 Å². The number of hydrogen-bond acceptors (Lipinski definition) is 4. The predicted octanol–water partition coefficient (Wildman–Crippen LogP) is 1.28. The first-order chi connectivity index (χ1) is 7.72. The molecule has 0 saturated heterocycles. The molecule has 1 unspecified atom stereocenters. The molecule has 2 aromatic rings. The molecule has 0 spiro atoms. The van der Waals surface area contributed by atoms with E-state index in [1.54, 1.807) is 6.20 Å². The van der Waals surface area contributed by atoms with Crippen LogP contribution in [-0.2, 0) is 0 Å². The molecule has 4 nitrogen and oxygen atoms in total. The van der Waals surface area contributed by atoms with Gasteiger partial charge in [0.05, 0.1) is 22.9 Å². The molecule has 16 heavy (non-hydrogen) atoms. The van der Waals surface area contributed by atoms with Gasteiger partial charge in [-0.3, -0.25) is 4.98 Å². The number of para-hydroxylation sites is 2. The Balaban J connectivity index is 2.54. The molecule has 0 saturated carbocycles. The van der Waals surface area contributed by atoms with Crippen molar-refractivity contribution in [2.24, 2.45) is 11.5 Å². The van der Waals surface area contributed by atoms with Crippen LogP contribution in [0.1, 0.15) is 12.6 Å². The summed E-state index contributed by atoms with van der Waals surface area (Å²) in [6.45, 7) is 1.87. The van der Waals surface area contributed by atoms with Crippen molar-refractivity contribution in [1.29, 1.82) is 0 Å². The summed E-state index contributed by atoms with van der Waals surface area (Å²) in [5.74, 6) is 0. The summed E-state index contributed by atoms with van der Waals surface area (Å²) in [5, 5.41) is 0. The maximum absolute atomic E-state index is 5.81. The van der Waals surface area contributed by atoms with Crippen LogP contribution in [0, 0.1) is 0 Å². The van der Waals surface area contributed by atoms with Crippen LogP contribution in [0.3, 0.4) is 0 Å². The Morgan fingerprint density at radius 2 is 2.00 bits per heavy atom. The van der Waals surface area contributed by atoms with Crippen LogP contribution in [0.15, 0.2) is 36.7 Å². The predicted molar refractivity (Wildman–Crippen MR) is 65.4 cm³/mol. The molecule has 4 heteroatoms. The van der Waals surface area contributed by atoms with Gasteiger partial charge in [0.2, 0.25) is 0 Å². The molecule has 0 aliphatic heterocycles.